The van der Waals surface area contributed by atoms with Crippen molar-refractivity contribution in [2.24, 2.45) is 0 Å². The Bertz CT molecular complexity index is 528. The highest BCUT2D eigenvalue weighted by molar-refractivity contribution is 8.13. The summed E-state index contributed by atoms with van der Waals surface area (Å²) in [7, 11) is 0. The molecule has 0 spiro atoms. The normalized spacial score (nSPS) is 20.2. The first-order valence-corrected chi connectivity index (χ1v) is 8.42. The van der Waals surface area contributed by atoms with Crippen molar-refractivity contribution < 1.29 is 9.59 Å². The van der Waals surface area contributed by atoms with Crippen molar-refractivity contribution >= 4 is 22.9 Å². The van der Waals surface area contributed by atoms with Gasteiger partial charge in [-0.1, -0.05) is 48.5 Å². The third-order valence-electron chi connectivity index (χ3n) is 4.50. The monoisotopic (exact) mass is 304 g/mol. The van der Waals surface area contributed by atoms with Gasteiger partial charge in [-0.05, 0) is 18.4 Å². The zero-order chi connectivity index (χ0) is 14.7. The van der Waals surface area contributed by atoms with E-state index in [1.807, 2.05) is 6.07 Å². The summed E-state index contributed by atoms with van der Waals surface area (Å²) in [4.78, 5) is 25.2. The van der Waals surface area contributed by atoms with Gasteiger partial charge in [0, 0.05) is 24.3 Å². The minimum Gasteiger partial charge on any atom is -0.354 e. The molecular weight excluding hydrogens is 284 g/mol. The van der Waals surface area contributed by atoms with Crippen LogP contribution in [0.4, 0.5) is 4.79 Å². The molecule has 2 fully saturated rings. The highest BCUT2D eigenvalue weighted by Crippen LogP contribution is 2.43. The Morgan fingerprint density at radius 2 is 2.05 bits per heavy atom. The van der Waals surface area contributed by atoms with Crippen LogP contribution < -0.4 is 5.32 Å². The first-order chi connectivity index (χ1) is 10.2. The van der Waals surface area contributed by atoms with Gasteiger partial charge in [0.25, 0.3) is 5.24 Å². The van der Waals surface area contributed by atoms with E-state index in [0.717, 1.165) is 18.6 Å². The van der Waals surface area contributed by atoms with Gasteiger partial charge in [-0.3, -0.25) is 9.59 Å². The molecule has 1 aliphatic carbocycles. The molecule has 1 saturated heterocycles. The van der Waals surface area contributed by atoms with Crippen molar-refractivity contribution in [2.75, 3.05) is 25.4 Å². The Morgan fingerprint density at radius 1 is 1.29 bits per heavy atom. The minimum absolute atomic E-state index is 0.0200. The highest BCUT2D eigenvalue weighted by Gasteiger charge is 2.38. The molecule has 0 atom stereocenters. The molecule has 4 nitrogen and oxygen atoms in total. The second kappa shape index (κ2) is 6.10. The lowest BCUT2D eigenvalue weighted by Crippen LogP contribution is -2.47. The van der Waals surface area contributed by atoms with Gasteiger partial charge in [0.2, 0.25) is 5.91 Å². The van der Waals surface area contributed by atoms with Crippen LogP contribution in [0.3, 0.4) is 0 Å². The molecule has 112 valence electrons. The molecule has 0 unspecified atom stereocenters. The smallest absolute Gasteiger partial charge is 0.282 e. The maximum atomic E-state index is 12.0. The van der Waals surface area contributed by atoms with Crippen LogP contribution in [-0.2, 0) is 10.2 Å². The van der Waals surface area contributed by atoms with E-state index in [-0.39, 0.29) is 23.1 Å². The maximum absolute atomic E-state index is 12.0. The average Bonchev–Trinajstić information content (AvgIpc) is 2.84. The summed E-state index contributed by atoms with van der Waals surface area (Å²) in [6.45, 7) is 1.54. The van der Waals surface area contributed by atoms with Crippen LogP contribution in [0.15, 0.2) is 30.3 Å². The number of nitrogens with one attached hydrogen (secondary N) is 1. The summed E-state index contributed by atoms with van der Waals surface area (Å²) < 4.78 is 0. The molecule has 5 heteroatoms. The fraction of sp³-hybridized carbons (Fsp3) is 0.500. The molecule has 1 aromatic carbocycles. The number of hydrogen-bond donors (Lipinski definition) is 1. The molecule has 1 aromatic rings. The van der Waals surface area contributed by atoms with Crippen molar-refractivity contribution in [3.63, 3.8) is 0 Å². The summed E-state index contributed by atoms with van der Waals surface area (Å²) in [5.41, 5.74) is 1.41. The summed E-state index contributed by atoms with van der Waals surface area (Å²) >= 11 is 1.29. The molecule has 1 aliphatic heterocycles. The lowest BCUT2D eigenvalue weighted by molar-refractivity contribution is -0.122. The molecule has 3 rings (SSSR count). The Morgan fingerprint density at radius 3 is 2.62 bits per heavy atom. The van der Waals surface area contributed by atoms with Crippen LogP contribution in [0.1, 0.15) is 24.8 Å². The topological polar surface area (TPSA) is 49.4 Å². The molecule has 1 N–H and O–H groups in total. The standard InChI is InChI=1S/C16H20N2O2S/c19-14(11-18-9-10-21-15(18)20)17-12-16(7-4-8-16)13-5-2-1-3-6-13/h1-3,5-6H,4,7-12H2,(H,17,19). The Balaban J connectivity index is 1.56. The van der Waals surface area contributed by atoms with E-state index in [1.165, 1.54) is 23.7 Å². The molecule has 1 saturated carbocycles. The van der Waals surface area contributed by atoms with E-state index in [0.29, 0.717) is 13.1 Å². The number of carbonyl (C=O) groups excluding carboxylic acids is 2. The predicted molar refractivity (Wildman–Crippen MR) is 84.4 cm³/mol. The summed E-state index contributed by atoms with van der Waals surface area (Å²) in [5.74, 6) is 0.744. The first kappa shape index (κ1) is 14.4. The third kappa shape index (κ3) is 3.07. The van der Waals surface area contributed by atoms with Crippen molar-refractivity contribution in [3.05, 3.63) is 35.9 Å². The molecule has 0 bridgehead atoms. The van der Waals surface area contributed by atoms with E-state index < -0.39 is 0 Å². The van der Waals surface area contributed by atoms with Gasteiger partial charge in [-0.25, -0.2) is 0 Å². The molecular formula is C16H20N2O2S. The zero-order valence-corrected chi connectivity index (χ0v) is 12.8. The third-order valence-corrected chi connectivity index (χ3v) is 5.39. The number of carbonyl (C=O) groups is 2. The lowest BCUT2D eigenvalue weighted by Gasteiger charge is -2.42. The fourth-order valence-corrected chi connectivity index (χ4v) is 3.85. The average molecular weight is 304 g/mol. The van der Waals surface area contributed by atoms with Gasteiger partial charge in [0.05, 0.1) is 0 Å². The van der Waals surface area contributed by atoms with Crippen LogP contribution in [0.5, 0.6) is 0 Å². The molecule has 0 radical (unpaired) electrons. The number of benzene rings is 1. The Labute approximate surface area is 129 Å². The van der Waals surface area contributed by atoms with E-state index >= 15 is 0 Å². The van der Waals surface area contributed by atoms with E-state index in [4.69, 9.17) is 0 Å². The number of hydrogen-bond acceptors (Lipinski definition) is 3. The number of amides is 2. The molecule has 0 aromatic heterocycles. The summed E-state index contributed by atoms with van der Waals surface area (Å²) in [6.07, 6.45) is 3.46. The van der Waals surface area contributed by atoms with Crippen molar-refractivity contribution in [3.8, 4) is 0 Å². The zero-order valence-electron chi connectivity index (χ0n) is 12.0. The first-order valence-electron chi connectivity index (χ1n) is 7.44. The lowest BCUT2D eigenvalue weighted by atomic mass is 9.64. The largest absolute Gasteiger partial charge is 0.354 e. The van der Waals surface area contributed by atoms with E-state index in [1.54, 1.807) is 4.90 Å². The van der Waals surface area contributed by atoms with Gasteiger partial charge >= 0.3 is 0 Å². The van der Waals surface area contributed by atoms with Crippen molar-refractivity contribution in [1.82, 2.24) is 10.2 Å². The minimum atomic E-state index is -0.0481. The van der Waals surface area contributed by atoms with Gasteiger partial charge in [-0.2, -0.15) is 0 Å². The van der Waals surface area contributed by atoms with Crippen LogP contribution in [0.25, 0.3) is 0 Å². The van der Waals surface area contributed by atoms with Gasteiger partial charge in [-0.15, -0.1) is 0 Å². The molecule has 2 aliphatic rings. The molecule has 2 amide bonds. The molecule has 21 heavy (non-hydrogen) atoms. The quantitative estimate of drug-likeness (QED) is 0.908. The van der Waals surface area contributed by atoms with Crippen LogP contribution in [0.2, 0.25) is 0 Å². The van der Waals surface area contributed by atoms with Crippen LogP contribution >= 0.6 is 11.8 Å². The predicted octanol–water partition coefficient (Wildman–Crippen LogP) is 2.39. The van der Waals surface area contributed by atoms with Gasteiger partial charge < -0.3 is 10.2 Å². The SMILES string of the molecule is O=C(CN1CCSC1=O)NCC1(c2ccccc2)CCC1. The Hall–Kier alpha value is -1.49. The van der Waals surface area contributed by atoms with Crippen LogP contribution in [-0.4, -0.2) is 41.4 Å². The number of nitrogens with zero attached hydrogens (tertiary/aromatic N) is 1. The second-order valence-electron chi connectivity index (χ2n) is 5.81. The second-order valence-corrected chi connectivity index (χ2v) is 6.86. The van der Waals surface area contributed by atoms with Crippen molar-refractivity contribution in [1.29, 1.82) is 0 Å². The van der Waals surface area contributed by atoms with Crippen LogP contribution in [0, 0.1) is 0 Å². The van der Waals surface area contributed by atoms with Gasteiger partial charge in [0.1, 0.15) is 6.54 Å². The maximum Gasteiger partial charge on any atom is 0.282 e. The summed E-state index contributed by atoms with van der Waals surface area (Å²) in [6, 6.07) is 10.4. The Kier molecular flexibility index (Phi) is 4.19. The van der Waals surface area contributed by atoms with E-state index in [2.05, 4.69) is 29.6 Å². The van der Waals surface area contributed by atoms with E-state index in [9.17, 15) is 9.59 Å². The van der Waals surface area contributed by atoms with Gasteiger partial charge in [0.15, 0.2) is 0 Å². The number of thioether (sulfide) groups is 1. The number of rotatable bonds is 5. The summed E-state index contributed by atoms with van der Waals surface area (Å²) in [5, 5.41) is 3.05. The molecule has 1 heterocycles. The fourth-order valence-electron chi connectivity index (χ4n) is 3.03. The highest BCUT2D eigenvalue weighted by atomic mass is 32.2. The van der Waals surface area contributed by atoms with Crippen molar-refractivity contribution in [2.45, 2.75) is 24.7 Å².